The van der Waals surface area contributed by atoms with Crippen LogP contribution in [0.15, 0.2) is 60.4 Å². The van der Waals surface area contributed by atoms with Crippen LogP contribution in [0.25, 0.3) is 21.3 Å². The van der Waals surface area contributed by atoms with Crippen LogP contribution in [0.1, 0.15) is 25.3 Å². The standard InChI is InChI=1S/C24H25N5S/c1-17(2)18-6-8-19(9-7-18)20-15-30-24-22(20)23(26-16-27-24)29-13-11-28(12-14-29)21-5-3-4-10-25-21/h3-10,15-17H,11-14H2,1-2H3. The molecular formula is C24H25N5S. The number of hydrogen-bond acceptors (Lipinski definition) is 6. The summed E-state index contributed by atoms with van der Waals surface area (Å²) in [5, 5.41) is 3.39. The van der Waals surface area contributed by atoms with E-state index in [0.29, 0.717) is 5.92 Å². The molecule has 152 valence electrons. The summed E-state index contributed by atoms with van der Waals surface area (Å²) in [5.74, 6) is 2.63. The van der Waals surface area contributed by atoms with Gasteiger partial charge in [0.05, 0.1) is 5.39 Å². The maximum Gasteiger partial charge on any atom is 0.141 e. The number of rotatable bonds is 4. The molecule has 6 heteroatoms. The molecule has 0 spiro atoms. The molecule has 0 unspecified atom stereocenters. The van der Waals surface area contributed by atoms with E-state index in [4.69, 9.17) is 4.98 Å². The average Bonchev–Trinajstić information content (AvgIpc) is 3.24. The highest BCUT2D eigenvalue weighted by atomic mass is 32.1. The Balaban J connectivity index is 1.45. The van der Waals surface area contributed by atoms with E-state index in [-0.39, 0.29) is 0 Å². The molecule has 5 rings (SSSR count). The van der Waals surface area contributed by atoms with Crippen molar-refractivity contribution < 1.29 is 0 Å². The summed E-state index contributed by atoms with van der Waals surface area (Å²) in [7, 11) is 0. The van der Waals surface area contributed by atoms with Gasteiger partial charge in [0.2, 0.25) is 0 Å². The Kier molecular flexibility index (Phi) is 5.09. The summed E-state index contributed by atoms with van der Waals surface area (Å²) in [4.78, 5) is 19.6. The molecule has 1 aliphatic heterocycles. The Bertz CT molecular complexity index is 1130. The smallest absolute Gasteiger partial charge is 0.141 e. The predicted molar refractivity (Wildman–Crippen MR) is 126 cm³/mol. The number of anilines is 2. The van der Waals surface area contributed by atoms with E-state index in [2.05, 4.69) is 69.3 Å². The zero-order valence-electron chi connectivity index (χ0n) is 17.3. The fourth-order valence-electron chi connectivity index (χ4n) is 4.05. The number of fused-ring (bicyclic) bond motifs is 1. The first kappa shape index (κ1) is 19.0. The van der Waals surface area contributed by atoms with E-state index < -0.39 is 0 Å². The lowest BCUT2D eigenvalue weighted by Gasteiger charge is -2.36. The first-order valence-electron chi connectivity index (χ1n) is 10.4. The predicted octanol–water partition coefficient (Wildman–Crippen LogP) is 5.20. The second-order valence-electron chi connectivity index (χ2n) is 7.97. The third-order valence-electron chi connectivity index (χ3n) is 5.79. The topological polar surface area (TPSA) is 45.2 Å². The van der Waals surface area contributed by atoms with Crippen LogP contribution in [0.2, 0.25) is 0 Å². The van der Waals surface area contributed by atoms with Crippen molar-refractivity contribution in [3.63, 3.8) is 0 Å². The van der Waals surface area contributed by atoms with Gasteiger partial charge in [0.25, 0.3) is 0 Å². The molecule has 0 N–H and O–H groups in total. The number of piperazine rings is 1. The fourth-order valence-corrected chi connectivity index (χ4v) is 4.96. The molecule has 0 amide bonds. The van der Waals surface area contributed by atoms with Crippen molar-refractivity contribution in [1.29, 1.82) is 0 Å². The van der Waals surface area contributed by atoms with E-state index >= 15 is 0 Å². The van der Waals surface area contributed by atoms with E-state index in [9.17, 15) is 0 Å². The first-order chi connectivity index (χ1) is 14.7. The zero-order chi connectivity index (χ0) is 20.5. The number of nitrogens with zero attached hydrogens (tertiary/aromatic N) is 5. The summed E-state index contributed by atoms with van der Waals surface area (Å²) < 4.78 is 0. The molecule has 4 heterocycles. The lowest BCUT2D eigenvalue weighted by Crippen LogP contribution is -2.47. The van der Waals surface area contributed by atoms with Crippen LogP contribution in [0.3, 0.4) is 0 Å². The van der Waals surface area contributed by atoms with Crippen LogP contribution >= 0.6 is 11.3 Å². The number of hydrogen-bond donors (Lipinski definition) is 0. The van der Waals surface area contributed by atoms with Crippen molar-refractivity contribution in [3.05, 3.63) is 65.9 Å². The second kappa shape index (κ2) is 8.03. The summed E-state index contributed by atoms with van der Waals surface area (Å²) in [6, 6.07) is 15.0. The van der Waals surface area contributed by atoms with E-state index in [1.807, 2.05) is 18.3 Å². The largest absolute Gasteiger partial charge is 0.353 e. The van der Waals surface area contributed by atoms with E-state index in [1.54, 1.807) is 17.7 Å². The third-order valence-corrected chi connectivity index (χ3v) is 6.68. The maximum atomic E-state index is 4.72. The fraction of sp³-hybridized carbons (Fsp3) is 0.292. The van der Waals surface area contributed by atoms with Crippen molar-refractivity contribution in [2.75, 3.05) is 36.0 Å². The molecule has 1 aliphatic rings. The molecule has 0 atom stereocenters. The molecule has 1 fully saturated rings. The molecule has 4 aromatic rings. The third kappa shape index (κ3) is 3.52. The summed E-state index contributed by atoms with van der Waals surface area (Å²) >= 11 is 1.70. The molecular weight excluding hydrogens is 390 g/mol. The van der Waals surface area contributed by atoms with Gasteiger partial charge in [-0.15, -0.1) is 11.3 Å². The van der Waals surface area contributed by atoms with Gasteiger partial charge in [-0.2, -0.15) is 0 Å². The molecule has 3 aromatic heterocycles. The SMILES string of the molecule is CC(C)c1ccc(-c2csc3ncnc(N4CCN(c5ccccn5)CC4)c23)cc1. The second-order valence-corrected chi connectivity index (χ2v) is 8.82. The normalized spacial score (nSPS) is 14.6. The van der Waals surface area contributed by atoms with Gasteiger partial charge < -0.3 is 9.80 Å². The van der Waals surface area contributed by atoms with Gasteiger partial charge in [-0.3, -0.25) is 0 Å². The zero-order valence-corrected chi connectivity index (χ0v) is 18.1. The molecule has 1 aromatic carbocycles. The van der Waals surface area contributed by atoms with Crippen molar-refractivity contribution in [2.24, 2.45) is 0 Å². The lowest BCUT2D eigenvalue weighted by molar-refractivity contribution is 0.643. The van der Waals surface area contributed by atoms with Gasteiger partial charge in [0.1, 0.15) is 22.8 Å². The van der Waals surface area contributed by atoms with Crippen LogP contribution in [-0.2, 0) is 0 Å². The molecule has 0 radical (unpaired) electrons. The monoisotopic (exact) mass is 415 g/mol. The summed E-state index contributed by atoms with van der Waals surface area (Å²) in [5.41, 5.74) is 3.82. The number of aromatic nitrogens is 3. The van der Waals surface area contributed by atoms with Gasteiger partial charge in [-0.05, 0) is 29.2 Å². The minimum Gasteiger partial charge on any atom is -0.353 e. The van der Waals surface area contributed by atoms with Gasteiger partial charge in [0.15, 0.2) is 0 Å². The Morgan fingerprint density at radius 2 is 1.63 bits per heavy atom. The van der Waals surface area contributed by atoms with Gasteiger partial charge in [-0.25, -0.2) is 15.0 Å². The highest BCUT2D eigenvalue weighted by molar-refractivity contribution is 7.17. The Morgan fingerprint density at radius 1 is 0.867 bits per heavy atom. The Hall–Kier alpha value is -2.99. The van der Waals surface area contributed by atoms with Crippen LogP contribution in [-0.4, -0.2) is 41.1 Å². The minimum absolute atomic E-state index is 0.535. The van der Waals surface area contributed by atoms with Gasteiger partial charge >= 0.3 is 0 Å². The number of thiophene rings is 1. The maximum absolute atomic E-state index is 4.72. The molecule has 30 heavy (non-hydrogen) atoms. The van der Waals surface area contributed by atoms with Crippen LogP contribution in [0.4, 0.5) is 11.6 Å². The highest BCUT2D eigenvalue weighted by Gasteiger charge is 2.23. The quantitative estimate of drug-likeness (QED) is 0.458. The van der Waals surface area contributed by atoms with Crippen LogP contribution in [0.5, 0.6) is 0 Å². The van der Waals surface area contributed by atoms with E-state index in [0.717, 1.165) is 42.6 Å². The molecule has 0 bridgehead atoms. The molecule has 0 saturated carbocycles. The Morgan fingerprint density at radius 3 is 2.33 bits per heavy atom. The molecule has 1 saturated heterocycles. The number of pyridine rings is 1. The Labute approximate surface area is 181 Å². The van der Waals surface area contributed by atoms with Crippen molar-refractivity contribution in [2.45, 2.75) is 19.8 Å². The summed E-state index contributed by atoms with van der Waals surface area (Å²) in [6.45, 7) is 8.17. The van der Waals surface area contributed by atoms with Gasteiger partial charge in [-0.1, -0.05) is 44.2 Å². The highest BCUT2D eigenvalue weighted by Crippen LogP contribution is 2.38. The van der Waals surface area contributed by atoms with Crippen molar-refractivity contribution in [1.82, 2.24) is 15.0 Å². The number of benzene rings is 1. The van der Waals surface area contributed by atoms with Crippen molar-refractivity contribution >= 4 is 33.2 Å². The van der Waals surface area contributed by atoms with Gasteiger partial charge in [0, 0.05) is 43.3 Å². The van der Waals surface area contributed by atoms with Crippen LogP contribution in [0, 0.1) is 0 Å². The molecule has 0 aliphatic carbocycles. The summed E-state index contributed by atoms with van der Waals surface area (Å²) in [6.07, 6.45) is 3.56. The molecule has 5 nitrogen and oxygen atoms in total. The first-order valence-corrected chi connectivity index (χ1v) is 11.3. The lowest BCUT2D eigenvalue weighted by atomic mass is 9.99. The van der Waals surface area contributed by atoms with Crippen LogP contribution < -0.4 is 9.80 Å². The van der Waals surface area contributed by atoms with Crippen molar-refractivity contribution in [3.8, 4) is 11.1 Å². The average molecular weight is 416 g/mol. The van der Waals surface area contributed by atoms with E-state index in [1.165, 1.54) is 22.1 Å². The minimum atomic E-state index is 0.535.